The number of aromatic nitrogens is 2. The number of halogens is 2. The molecule has 0 aliphatic carbocycles. The maximum Gasteiger partial charge on any atom is 0.276 e. The molecule has 0 aliphatic rings. The van der Waals surface area contributed by atoms with Crippen molar-refractivity contribution in [1.82, 2.24) is 9.78 Å². The first-order chi connectivity index (χ1) is 9.02. The number of nitrogens with one attached hydrogen (secondary N) is 1. The maximum atomic E-state index is 12.3. The number of benzene rings is 1. The molecule has 0 aliphatic heterocycles. The van der Waals surface area contributed by atoms with E-state index in [1.54, 1.807) is 4.68 Å². The molecule has 2 aromatic rings. The summed E-state index contributed by atoms with van der Waals surface area (Å²) in [6.45, 7) is 2.48. The minimum absolute atomic E-state index is 0.282. The number of hydrogen-bond donors (Lipinski definition) is 2. The molecule has 0 saturated heterocycles. The summed E-state index contributed by atoms with van der Waals surface area (Å²) < 4.78 is 3.24. The number of amides is 1. The normalized spacial score (nSPS) is 10.5. The Bertz CT molecular complexity index is 624. The lowest BCUT2D eigenvalue weighted by Crippen LogP contribution is -2.19. The van der Waals surface area contributed by atoms with Crippen LogP contribution < -0.4 is 11.1 Å². The van der Waals surface area contributed by atoms with Gasteiger partial charge in [0.05, 0.1) is 17.6 Å². The molecule has 2 rings (SSSR count). The maximum absolute atomic E-state index is 12.3. The van der Waals surface area contributed by atoms with Crippen LogP contribution in [-0.4, -0.2) is 15.7 Å². The molecule has 0 fully saturated rings. The fourth-order valence-corrected chi connectivity index (χ4v) is 2.37. The summed E-state index contributed by atoms with van der Waals surface area (Å²) >= 11 is 6.75. The Morgan fingerprint density at radius 3 is 2.89 bits per heavy atom. The van der Waals surface area contributed by atoms with E-state index in [0.29, 0.717) is 23.6 Å². The highest BCUT2D eigenvalue weighted by molar-refractivity contribution is 9.11. The Kier molecular flexibility index (Phi) is 4.26. The number of nitrogens with zero attached hydrogens (tertiary/aromatic N) is 2. The van der Waals surface area contributed by atoms with E-state index in [1.807, 2.05) is 25.1 Å². The quantitative estimate of drug-likeness (QED) is 0.848. The predicted molar refractivity (Wildman–Crippen MR) is 82.1 cm³/mol. The molecule has 1 amide bonds. The van der Waals surface area contributed by atoms with Crippen molar-refractivity contribution in [3.05, 3.63) is 39.0 Å². The van der Waals surface area contributed by atoms with E-state index in [2.05, 4.69) is 42.3 Å². The van der Waals surface area contributed by atoms with Crippen LogP contribution in [-0.2, 0) is 6.54 Å². The third-order valence-electron chi connectivity index (χ3n) is 2.56. The molecule has 0 atom stereocenters. The van der Waals surface area contributed by atoms with Crippen molar-refractivity contribution in [3.8, 4) is 0 Å². The molecule has 0 bridgehead atoms. The lowest BCUT2D eigenvalue weighted by Gasteiger charge is -2.09. The average molecular weight is 388 g/mol. The highest BCUT2D eigenvalue weighted by Crippen LogP contribution is 2.27. The van der Waals surface area contributed by atoms with Crippen molar-refractivity contribution < 1.29 is 4.79 Å². The van der Waals surface area contributed by atoms with Gasteiger partial charge in [-0.15, -0.1) is 0 Å². The molecule has 1 aromatic heterocycles. The molecule has 7 heteroatoms. The van der Waals surface area contributed by atoms with Crippen LogP contribution in [0.2, 0.25) is 0 Å². The SMILES string of the molecule is CCn1ncc(N)c1C(=O)Nc1cc(Br)ccc1Br. The van der Waals surface area contributed by atoms with Gasteiger partial charge in [-0.2, -0.15) is 5.10 Å². The van der Waals surface area contributed by atoms with Crippen molar-refractivity contribution in [3.63, 3.8) is 0 Å². The Labute approximate surface area is 127 Å². The summed E-state index contributed by atoms with van der Waals surface area (Å²) in [4.78, 5) is 12.3. The fraction of sp³-hybridized carbons (Fsp3) is 0.167. The molecule has 0 spiro atoms. The first kappa shape index (κ1) is 14.1. The molecular weight excluding hydrogens is 376 g/mol. The molecule has 100 valence electrons. The number of anilines is 2. The van der Waals surface area contributed by atoms with Gasteiger partial charge in [-0.25, -0.2) is 0 Å². The van der Waals surface area contributed by atoms with Gasteiger partial charge in [0.15, 0.2) is 0 Å². The van der Waals surface area contributed by atoms with Gasteiger partial charge < -0.3 is 11.1 Å². The second-order valence-electron chi connectivity index (χ2n) is 3.84. The van der Waals surface area contributed by atoms with Crippen LogP contribution in [0, 0.1) is 0 Å². The second-order valence-corrected chi connectivity index (χ2v) is 5.61. The van der Waals surface area contributed by atoms with E-state index in [-0.39, 0.29) is 5.91 Å². The molecule has 0 unspecified atom stereocenters. The summed E-state index contributed by atoms with van der Waals surface area (Å²) in [5, 5.41) is 6.86. The highest BCUT2D eigenvalue weighted by Gasteiger charge is 2.17. The largest absolute Gasteiger partial charge is 0.396 e. The van der Waals surface area contributed by atoms with Crippen molar-refractivity contribution >= 4 is 49.1 Å². The summed E-state index contributed by atoms with van der Waals surface area (Å²) in [6.07, 6.45) is 1.48. The number of hydrogen-bond acceptors (Lipinski definition) is 3. The minimum Gasteiger partial charge on any atom is -0.396 e. The first-order valence-electron chi connectivity index (χ1n) is 5.60. The summed E-state index contributed by atoms with van der Waals surface area (Å²) in [5.41, 5.74) is 7.18. The van der Waals surface area contributed by atoms with E-state index in [4.69, 9.17) is 5.73 Å². The van der Waals surface area contributed by atoms with Crippen LogP contribution in [0.5, 0.6) is 0 Å². The van der Waals surface area contributed by atoms with E-state index in [1.165, 1.54) is 6.20 Å². The number of carbonyl (C=O) groups is 1. The van der Waals surface area contributed by atoms with Gasteiger partial charge in [-0.1, -0.05) is 15.9 Å². The zero-order valence-corrected chi connectivity index (χ0v) is 13.3. The lowest BCUT2D eigenvalue weighted by molar-refractivity contribution is 0.101. The van der Waals surface area contributed by atoms with Crippen LogP contribution in [0.1, 0.15) is 17.4 Å². The molecule has 5 nitrogen and oxygen atoms in total. The number of aryl methyl sites for hydroxylation is 1. The average Bonchev–Trinajstić information content (AvgIpc) is 2.75. The predicted octanol–water partition coefficient (Wildman–Crippen LogP) is 3.26. The van der Waals surface area contributed by atoms with E-state index >= 15 is 0 Å². The topological polar surface area (TPSA) is 72.9 Å². The van der Waals surface area contributed by atoms with Crippen LogP contribution in [0.3, 0.4) is 0 Å². The van der Waals surface area contributed by atoms with Crippen LogP contribution in [0.4, 0.5) is 11.4 Å². The van der Waals surface area contributed by atoms with Gasteiger partial charge in [-0.3, -0.25) is 9.48 Å². The zero-order chi connectivity index (χ0) is 14.0. The molecule has 1 heterocycles. The standard InChI is InChI=1S/C12H12Br2N4O/c1-2-18-11(9(15)6-16-18)12(19)17-10-5-7(13)3-4-8(10)14/h3-6H,2,15H2,1H3,(H,17,19). The van der Waals surface area contributed by atoms with Crippen LogP contribution in [0.25, 0.3) is 0 Å². The van der Waals surface area contributed by atoms with Crippen molar-refractivity contribution in [2.75, 3.05) is 11.1 Å². The Morgan fingerprint density at radius 2 is 2.21 bits per heavy atom. The second kappa shape index (κ2) is 5.75. The number of nitrogen functional groups attached to an aromatic ring is 1. The first-order valence-corrected chi connectivity index (χ1v) is 7.19. The van der Waals surface area contributed by atoms with E-state index in [0.717, 1.165) is 8.95 Å². The third-order valence-corrected chi connectivity index (χ3v) is 3.74. The minimum atomic E-state index is -0.282. The smallest absolute Gasteiger partial charge is 0.276 e. The Morgan fingerprint density at radius 1 is 1.47 bits per heavy atom. The molecule has 3 N–H and O–H groups in total. The summed E-state index contributed by atoms with van der Waals surface area (Å²) in [5.74, 6) is -0.282. The van der Waals surface area contributed by atoms with Crippen LogP contribution in [0.15, 0.2) is 33.3 Å². The summed E-state index contributed by atoms with van der Waals surface area (Å²) in [6, 6.07) is 5.54. The van der Waals surface area contributed by atoms with Crippen molar-refractivity contribution in [2.24, 2.45) is 0 Å². The molecule has 0 saturated carbocycles. The fourth-order valence-electron chi connectivity index (χ4n) is 1.66. The monoisotopic (exact) mass is 386 g/mol. The molecule has 19 heavy (non-hydrogen) atoms. The van der Waals surface area contributed by atoms with Gasteiger partial charge >= 0.3 is 0 Å². The highest BCUT2D eigenvalue weighted by atomic mass is 79.9. The molecule has 1 aromatic carbocycles. The number of nitrogens with two attached hydrogens (primary N) is 1. The van der Waals surface area contributed by atoms with E-state index < -0.39 is 0 Å². The van der Waals surface area contributed by atoms with Gasteiger partial charge in [0, 0.05) is 15.5 Å². The van der Waals surface area contributed by atoms with Crippen molar-refractivity contribution in [2.45, 2.75) is 13.5 Å². The Hall–Kier alpha value is -1.34. The molecular formula is C12H12Br2N4O. The number of carbonyl (C=O) groups excluding carboxylic acids is 1. The number of rotatable bonds is 3. The van der Waals surface area contributed by atoms with Gasteiger partial charge in [0.2, 0.25) is 0 Å². The third kappa shape index (κ3) is 2.98. The lowest BCUT2D eigenvalue weighted by atomic mass is 10.3. The van der Waals surface area contributed by atoms with Crippen molar-refractivity contribution in [1.29, 1.82) is 0 Å². The zero-order valence-electron chi connectivity index (χ0n) is 10.2. The summed E-state index contributed by atoms with van der Waals surface area (Å²) in [7, 11) is 0. The van der Waals surface area contributed by atoms with Crippen LogP contribution >= 0.6 is 31.9 Å². The van der Waals surface area contributed by atoms with Gasteiger partial charge in [0.25, 0.3) is 5.91 Å². The van der Waals surface area contributed by atoms with E-state index in [9.17, 15) is 4.79 Å². The van der Waals surface area contributed by atoms with Gasteiger partial charge in [0.1, 0.15) is 5.69 Å². The molecule has 0 radical (unpaired) electrons. The Balaban J connectivity index is 2.30. The van der Waals surface area contributed by atoms with Gasteiger partial charge in [-0.05, 0) is 41.1 Å².